The zero-order valence-electron chi connectivity index (χ0n) is 14.8. The Bertz CT molecular complexity index is 681. The fraction of sp³-hybridized carbons (Fsp3) is 0.333. The summed E-state index contributed by atoms with van der Waals surface area (Å²) in [6.45, 7) is 1.74. The summed E-state index contributed by atoms with van der Waals surface area (Å²) in [5, 5.41) is 6.00. The van der Waals surface area contributed by atoms with Crippen molar-refractivity contribution in [2.24, 2.45) is 4.99 Å². The number of rotatable bonds is 7. The van der Waals surface area contributed by atoms with E-state index in [1.807, 2.05) is 36.2 Å². The summed E-state index contributed by atoms with van der Waals surface area (Å²) in [5.74, 6) is 1.67. The Morgan fingerprint density at radius 3 is 2.52 bits per heavy atom. The summed E-state index contributed by atoms with van der Waals surface area (Å²) in [7, 11) is 5.34. The average molecular weight is 344 g/mol. The lowest BCUT2D eigenvalue weighted by atomic mass is 10.2. The van der Waals surface area contributed by atoms with E-state index in [2.05, 4.69) is 15.6 Å². The van der Waals surface area contributed by atoms with Gasteiger partial charge in [0.25, 0.3) is 5.91 Å². The molecule has 0 aliphatic carbocycles. The number of methoxy groups -OCH3 is 1. The minimum Gasteiger partial charge on any atom is -0.497 e. The highest BCUT2D eigenvalue weighted by Crippen LogP contribution is 2.12. The SMILES string of the molecule is CN=C(NCCNC(=O)c1ccco1)N(C)Cc1ccc(OC)cc1. The van der Waals surface area contributed by atoms with Crippen molar-refractivity contribution in [3.63, 3.8) is 0 Å². The minimum absolute atomic E-state index is 0.228. The molecule has 0 saturated heterocycles. The van der Waals surface area contributed by atoms with Gasteiger partial charge < -0.3 is 24.7 Å². The molecule has 0 bridgehead atoms. The van der Waals surface area contributed by atoms with E-state index in [-0.39, 0.29) is 5.91 Å². The topological polar surface area (TPSA) is 79.1 Å². The molecule has 2 N–H and O–H groups in total. The van der Waals surface area contributed by atoms with Crippen LogP contribution in [-0.2, 0) is 6.54 Å². The molecular weight excluding hydrogens is 320 g/mol. The molecule has 0 aliphatic heterocycles. The number of carbonyl (C=O) groups excluding carboxylic acids is 1. The molecule has 1 aromatic carbocycles. The van der Waals surface area contributed by atoms with E-state index >= 15 is 0 Å². The van der Waals surface area contributed by atoms with Crippen LogP contribution >= 0.6 is 0 Å². The Morgan fingerprint density at radius 1 is 1.20 bits per heavy atom. The van der Waals surface area contributed by atoms with Crippen LogP contribution in [0.15, 0.2) is 52.1 Å². The number of hydrogen-bond acceptors (Lipinski definition) is 4. The second kappa shape index (κ2) is 9.36. The van der Waals surface area contributed by atoms with E-state index in [0.717, 1.165) is 17.3 Å². The monoisotopic (exact) mass is 344 g/mol. The normalized spacial score (nSPS) is 11.1. The third-order valence-electron chi connectivity index (χ3n) is 3.59. The van der Waals surface area contributed by atoms with Crippen molar-refractivity contribution in [3.8, 4) is 5.75 Å². The highest BCUT2D eigenvalue weighted by molar-refractivity contribution is 5.91. The van der Waals surface area contributed by atoms with Crippen LogP contribution in [0.5, 0.6) is 5.75 Å². The van der Waals surface area contributed by atoms with E-state index in [1.165, 1.54) is 6.26 Å². The van der Waals surface area contributed by atoms with Crippen LogP contribution in [0.2, 0.25) is 0 Å². The molecule has 1 aromatic heterocycles. The Hall–Kier alpha value is -2.96. The Balaban J connectivity index is 1.75. The van der Waals surface area contributed by atoms with Gasteiger partial charge in [-0.2, -0.15) is 0 Å². The lowest BCUT2D eigenvalue weighted by Crippen LogP contribution is -2.42. The summed E-state index contributed by atoms with van der Waals surface area (Å²) >= 11 is 0. The predicted octanol–water partition coefficient (Wildman–Crippen LogP) is 1.73. The molecule has 1 heterocycles. The van der Waals surface area contributed by atoms with Crippen molar-refractivity contribution in [1.29, 1.82) is 0 Å². The van der Waals surface area contributed by atoms with Gasteiger partial charge in [-0.15, -0.1) is 0 Å². The van der Waals surface area contributed by atoms with Crippen LogP contribution in [0.25, 0.3) is 0 Å². The number of carbonyl (C=O) groups is 1. The zero-order valence-corrected chi connectivity index (χ0v) is 14.8. The second-order valence-corrected chi connectivity index (χ2v) is 5.41. The molecule has 0 radical (unpaired) electrons. The first-order valence-electron chi connectivity index (χ1n) is 8.00. The summed E-state index contributed by atoms with van der Waals surface area (Å²) in [6, 6.07) is 11.2. The quantitative estimate of drug-likeness (QED) is 0.454. The highest BCUT2D eigenvalue weighted by atomic mass is 16.5. The van der Waals surface area contributed by atoms with Gasteiger partial charge in [-0.3, -0.25) is 9.79 Å². The largest absolute Gasteiger partial charge is 0.497 e. The Morgan fingerprint density at radius 2 is 1.92 bits per heavy atom. The standard InChI is InChI=1S/C18H24N4O3/c1-19-18(21-11-10-20-17(23)16-5-4-12-25-16)22(2)13-14-6-8-15(24-3)9-7-14/h4-9,12H,10-11,13H2,1-3H3,(H,19,21)(H,20,23). The molecule has 0 saturated carbocycles. The molecule has 0 unspecified atom stereocenters. The maximum Gasteiger partial charge on any atom is 0.287 e. The van der Waals surface area contributed by atoms with Gasteiger partial charge in [-0.05, 0) is 29.8 Å². The number of hydrogen-bond donors (Lipinski definition) is 2. The van der Waals surface area contributed by atoms with Crippen molar-refractivity contribution in [2.45, 2.75) is 6.54 Å². The summed E-state index contributed by atoms with van der Waals surface area (Å²) < 4.78 is 10.2. The maximum absolute atomic E-state index is 11.8. The van der Waals surface area contributed by atoms with Crippen molar-refractivity contribution in [3.05, 3.63) is 54.0 Å². The fourth-order valence-corrected chi connectivity index (χ4v) is 2.31. The number of benzene rings is 1. The van der Waals surface area contributed by atoms with Crippen LogP contribution in [0, 0.1) is 0 Å². The Kier molecular flexibility index (Phi) is 6.88. The highest BCUT2D eigenvalue weighted by Gasteiger charge is 2.09. The molecule has 7 nitrogen and oxygen atoms in total. The lowest BCUT2D eigenvalue weighted by Gasteiger charge is -2.22. The molecule has 0 fully saturated rings. The maximum atomic E-state index is 11.8. The van der Waals surface area contributed by atoms with Gasteiger partial charge >= 0.3 is 0 Å². The smallest absolute Gasteiger partial charge is 0.287 e. The average Bonchev–Trinajstić information content (AvgIpc) is 3.17. The number of furan rings is 1. The van der Waals surface area contributed by atoms with Gasteiger partial charge in [0.1, 0.15) is 5.75 Å². The molecule has 2 rings (SSSR count). The van der Waals surface area contributed by atoms with Crippen LogP contribution in [0.3, 0.4) is 0 Å². The molecule has 2 aromatic rings. The number of guanidine groups is 1. The van der Waals surface area contributed by atoms with E-state index in [0.29, 0.717) is 25.4 Å². The van der Waals surface area contributed by atoms with Gasteiger partial charge in [-0.1, -0.05) is 12.1 Å². The second-order valence-electron chi connectivity index (χ2n) is 5.41. The third-order valence-corrected chi connectivity index (χ3v) is 3.59. The fourth-order valence-electron chi connectivity index (χ4n) is 2.31. The summed E-state index contributed by atoms with van der Waals surface area (Å²) in [6.07, 6.45) is 1.48. The van der Waals surface area contributed by atoms with Crippen LogP contribution in [-0.4, -0.2) is 51.1 Å². The number of nitrogens with one attached hydrogen (secondary N) is 2. The number of ether oxygens (including phenoxy) is 1. The van der Waals surface area contributed by atoms with Crippen molar-refractivity contribution in [2.75, 3.05) is 34.3 Å². The minimum atomic E-state index is -0.228. The molecule has 0 aliphatic rings. The summed E-state index contributed by atoms with van der Waals surface area (Å²) in [4.78, 5) is 18.0. The number of aliphatic imine (C=N–C) groups is 1. The first-order chi connectivity index (χ1) is 12.1. The lowest BCUT2D eigenvalue weighted by molar-refractivity contribution is 0.0926. The molecule has 0 spiro atoms. The first-order valence-corrected chi connectivity index (χ1v) is 8.00. The summed E-state index contributed by atoms with van der Waals surface area (Å²) in [5.41, 5.74) is 1.15. The van der Waals surface area contributed by atoms with E-state index in [9.17, 15) is 4.79 Å². The Labute approximate surface area is 147 Å². The van der Waals surface area contributed by atoms with Gasteiger partial charge in [0.15, 0.2) is 11.7 Å². The first kappa shape index (κ1) is 18.4. The van der Waals surface area contributed by atoms with E-state index < -0.39 is 0 Å². The molecule has 7 heteroatoms. The van der Waals surface area contributed by atoms with Crippen molar-refractivity contribution < 1.29 is 13.9 Å². The number of nitrogens with zero attached hydrogens (tertiary/aromatic N) is 2. The van der Waals surface area contributed by atoms with E-state index in [4.69, 9.17) is 9.15 Å². The third kappa shape index (κ3) is 5.56. The van der Waals surface area contributed by atoms with Crippen molar-refractivity contribution in [1.82, 2.24) is 15.5 Å². The van der Waals surface area contributed by atoms with Gasteiger partial charge in [0, 0.05) is 33.7 Å². The van der Waals surface area contributed by atoms with Crippen LogP contribution in [0.4, 0.5) is 0 Å². The predicted molar refractivity (Wildman–Crippen MR) is 96.9 cm³/mol. The van der Waals surface area contributed by atoms with Crippen molar-refractivity contribution >= 4 is 11.9 Å². The van der Waals surface area contributed by atoms with Gasteiger partial charge in [0.2, 0.25) is 0 Å². The van der Waals surface area contributed by atoms with Gasteiger partial charge in [0.05, 0.1) is 13.4 Å². The molecule has 25 heavy (non-hydrogen) atoms. The number of amides is 1. The molecular formula is C18H24N4O3. The molecule has 134 valence electrons. The van der Waals surface area contributed by atoms with Crippen LogP contribution < -0.4 is 15.4 Å². The molecule has 0 atom stereocenters. The van der Waals surface area contributed by atoms with Gasteiger partial charge in [-0.25, -0.2) is 0 Å². The van der Waals surface area contributed by atoms with Crippen LogP contribution in [0.1, 0.15) is 16.1 Å². The molecule has 1 amide bonds. The zero-order chi connectivity index (χ0) is 18.1. The van der Waals surface area contributed by atoms with E-state index in [1.54, 1.807) is 26.3 Å².